The summed E-state index contributed by atoms with van der Waals surface area (Å²) in [6.07, 6.45) is 1.91. The second kappa shape index (κ2) is 18.7. The zero-order valence-electron chi connectivity index (χ0n) is 42.7. The molecule has 2 aromatic heterocycles. The number of fused-ring (bicyclic) bond motifs is 4. The van der Waals surface area contributed by atoms with Crippen LogP contribution in [-0.2, 0) is 42.7 Å². The van der Waals surface area contributed by atoms with Crippen LogP contribution < -0.4 is 14.5 Å². The third kappa shape index (κ3) is 9.34. The summed E-state index contributed by atoms with van der Waals surface area (Å²) in [5, 5.41) is 2.22. The molecule has 0 saturated carbocycles. The summed E-state index contributed by atoms with van der Waals surface area (Å²) in [5.41, 5.74) is 14.2. The largest absolute Gasteiger partial charge is 4.00 e. The van der Waals surface area contributed by atoms with Gasteiger partial charge in [0.1, 0.15) is 5.82 Å². The van der Waals surface area contributed by atoms with Gasteiger partial charge in [-0.15, -0.1) is 53.6 Å². The molecule has 0 radical (unpaired) electrons. The molecule has 0 amide bonds. The fourth-order valence-electron chi connectivity index (χ4n) is 9.72. The molecular weight excluding hydrogens is 1040 g/mol. The molecule has 0 spiro atoms. The predicted molar refractivity (Wildman–Crippen MR) is 291 cm³/mol. The number of pyridine rings is 1. The quantitative estimate of drug-likeness (QED) is 0.142. The van der Waals surface area contributed by atoms with Gasteiger partial charge in [-0.1, -0.05) is 173 Å². The first-order valence-corrected chi connectivity index (χ1v) is 23.9. The molecule has 5 nitrogen and oxygen atoms in total. The molecule has 0 aliphatic carbocycles. The van der Waals surface area contributed by atoms with Crippen LogP contribution >= 0.6 is 0 Å². The topological polar surface area (TPSA) is 33.5 Å². The van der Waals surface area contributed by atoms with Crippen molar-refractivity contribution in [1.29, 1.82) is 0 Å². The summed E-state index contributed by atoms with van der Waals surface area (Å²) in [7, 11) is 0. The van der Waals surface area contributed by atoms with Crippen molar-refractivity contribution in [1.82, 2.24) is 9.55 Å². The van der Waals surface area contributed by atoms with Crippen LogP contribution in [0, 0.1) is 26.2 Å². The number of hydrogen-bond acceptors (Lipinski definition) is 4. The first-order valence-electron chi connectivity index (χ1n) is 23.9. The third-order valence-corrected chi connectivity index (χ3v) is 13.6. The first kappa shape index (κ1) is 50.0. The summed E-state index contributed by atoms with van der Waals surface area (Å²) in [6, 6.07) is 63.9. The maximum absolute atomic E-state index is 6.95. The summed E-state index contributed by atoms with van der Waals surface area (Å²) in [4.78, 5) is 9.56. The molecule has 1 aliphatic heterocycles. The fourth-order valence-corrected chi connectivity index (χ4v) is 9.72. The second-order valence-electron chi connectivity index (χ2n) is 22.0. The van der Waals surface area contributed by atoms with Crippen LogP contribution in [0.1, 0.15) is 104 Å². The van der Waals surface area contributed by atoms with Crippen LogP contribution in [0.3, 0.4) is 0 Å². The number of benzene rings is 7. The number of anilines is 4. The van der Waals surface area contributed by atoms with Crippen LogP contribution in [0.15, 0.2) is 164 Å². The smallest absolute Gasteiger partial charge is 0.509 e. The van der Waals surface area contributed by atoms with Crippen LogP contribution in [0.25, 0.3) is 38.8 Å². The molecule has 3 heterocycles. The van der Waals surface area contributed by atoms with E-state index >= 15 is 0 Å². The Bertz CT molecular complexity index is 3330. The van der Waals surface area contributed by atoms with Crippen molar-refractivity contribution in [2.24, 2.45) is 0 Å². The maximum Gasteiger partial charge on any atom is 4.00 e. The molecule has 70 heavy (non-hydrogen) atoms. The summed E-state index contributed by atoms with van der Waals surface area (Å²) >= 11 is 0. The zero-order chi connectivity index (χ0) is 47.8. The average Bonchev–Trinajstić information content (AvgIpc) is 3.86. The van der Waals surface area contributed by atoms with Gasteiger partial charge in [0.05, 0.1) is 0 Å². The second-order valence-corrected chi connectivity index (χ2v) is 22.0. The molecule has 9 aromatic rings. The Morgan fingerprint density at radius 1 is 0.500 bits per heavy atom. The summed E-state index contributed by atoms with van der Waals surface area (Å²) < 4.78 is 9.16. The number of nitrogens with zero attached hydrogens (tertiary/aromatic N) is 4. The molecule has 0 fully saturated rings. The van der Waals surface area contributed by atoms with Crippen molar-refractivity contribution in [3.05, 3.63) is 218 Å². The Morgan fingerprint density at radius 3 is 1.80 bits per heavy atom. The van der Waals surface area contributed by atoms with Gasteiger partial charge in [-0.2, -0.15) is 6.07 Å². The first-order chi connectivity index (χ1) is 32.3. The molecule has 0 bridgehead atoms. The zero-order valence-corrected chi connectivity index (χ0v) is 45.0. The molecule has 356 valence electrons. The van der Waals surface area contributed by atoms with E-state index in [2.05, 4.69) is 261 Å². The normalized spacial score (nSPS) is 13.0. The molecule has 0 unspecified atom stereocenters. The molecular formula is C64H64N4OPt. The molecule has 0 saturated heterocycles. The number of hydrogen-bond donors (Lipinski definition) is 0. The number of rotatable bonds is 8. The van der Waals surface area contributed by atoms with E-state index in [4.69, 9.17) is 9.72 Å². The summed E-state index contributed by atoms with van der Waals surface area (Å²) in [5.74, 6) is 2.04. The molecule has 6 heteroatoms. The fraction of sp³-hybridized carbons (Fsp3) is 0.234. The van der Waals surface area contributed by atoms with E-state index in [1.54, 1.807) is 0 Å². The number of ether oxygens (including phenoxy) is 1. The van der Waals surface area contributed by atoms with Crippen molar-refractivity contribution in [2.75, 3.05) is 9.80 Å². The molecule has 10 rings (SSSR count). The third-order valence-electron chi connectivity index (χ3n) is 13.6. The van der Waals surface area contributed by atoms with Crippen LogP contribution in [0.2, 0.25) is 0 Å². The van der Waals surface area contributed by atoms with E-state index in [0.29, 0.717) is 11.5 Å². The van der Waals surface area contributed by atoms with Gasteiger partial charge in [-0.05, 0) is 97.5 Å². The van der Waals surface area contributed by atoms with Gasteiger partial charge in [-0.3, -0.25) is 0 Å². The van der Waals surface area contributed by atoms with Gasteiger partial charge < -0.3 is 26.5 Å². The number of para-hydroxylation sites is 1. The van der Waals surface area contributed by atoms with Gasteiger partial charge in [0.25, 0.3) is 0 Å². The van der Waals surface area contributed by atoms with Gasteiger partial charge in [0, 0.05) is 45.7 Å². The van der Waals surface area contributed by atoms with E-state index in [1.165, 1.54) is 27.8 Å². The van der Waals surface area contributed by atoms with Crippen LogP contribution in [0.5, 0.6) is 11.5 Å². The Labute approximate surface area is 431 Å². The molecule has 0 atom stereocenters. The van der Waals surface area contributed by atoms with E-state index in [9.17, 15) is 0 Å². The van der Waals surface area contributed by atoms with Crippen molar-refractivity contribution in [3.63, 3.8) is 0 Å². The standard InChI is InChI=1S/C63H61N4O.CH3.Pt/c1-60(2,3)45-31-32-64-59(36-45)67-55-28-19-18-27-51(55)52-30-29-49(38-56(52)67)68-50-34-43(42-21-14-12-15-22-42)33-48(37-50)66-41-65(57-39-53(61(4,5)6)54(40-58(57)66)62(7,8)9)47-26-20-25-46(35-47)63(10,11)44-23-16-13-17-24-44;;/h12-36,39-41H,1-11H3;1H3;/q-3;-1;+4. The minimum atomic E-state index is -0.211. The summed E-state index contributed by atoms with van der Waals surface area (Å²) in [6.45, 7) is 27.5. The SMILES string of the molecule is CC(C)(C)c1ccnc(-n2c3[c-]c(Oc4[c-]c(N5[CH-]N(c6cccc(C(C)(C)c7ccccc7)c6)c6cc(C(C)(C)C)c(C(C)(C)C)cc65)cc(-c5ccccc5)c4)ccc3c3ccccc32)c1.[CH3-].[Pt+4]. The van der Waals surface area contributed by atoms with Gasteiger partial charge in [-0.25, -0.2) is 4.98 Å². The van der Waals surface area contributed by atoms with E-state index in [0.717, 1.165) is 61.5 Å². The predicted octanol–water partition coefficient (Wildman–Crippen LogP) is 17.3. The van der Waals surface area contributed by atoms with Gasteiger partial charge >= 0.3 is 21.1 Å². The van der Waals surface area contributed by atoms with Crippen LogP contribution in [0.4, 0.5) is 22.7 Å². The Morgan fingerprint density at radius 2 is 1.13 bits per heavy atom. The average molecular weight is 1100 g/mol. The van der Waals surface area contributed by atoms with Gasteiger partial charge in [0.15, 0.2) is 0 Å². The van der Waals surface area contributed by atoms with Crippen molar-refractivity contribution in [2.45, 2.75) is 97.8 Å². The van der Waals surface area contributed by atoms with E-state index in [1.807, 2.05) is 12.3 Å². The minimum Gasteiger partial charge on any atom is -0.509 e. The van der Waals surface area contributed by atoms with Crippen molar-refractivity contribution >= 4 is 44.6 Å². The Hall–Kier alpha value is -6.42. The van der Waals surface area contributed by atoms with Crippen molar-refractivity contribution in [3.8, 4) is 28.4 Å². The maximum atomic E-state index is 6.95. The Balaban J connectivity index is 0.00000329. The minimum absolute atomic E-state index is 0. The van der Waals surface area contributed by atoms with E-state index < -0.39 is 0 Å². The Kier molecular flexibility index (Phi) is 13.4. The van der Waals surface area contributed by atoms with E-state index in [-0.39, 0.29) is 50.2 Å². The number of aromatic nitrogens is 2. The molecule has 7 aromatic carbocycles. The molecule has 0 N–H and O–H groups in total. The van der Waals surface area contributed by atoms with Crippen molar-refractivity contribution < 1.29 is 25.8 Å². The van der Waals surface area contributed by atoms with Crippen LogP contribution in [-0.4, -0.2) is 9.55 Å². The monoisotopic (exact) mass is 1100 g/mol. The van der Waals surface area contributed by atoms with Gasteiger partial charge in [0.2, 0.25) is 0 Å². The molecule has 1 aliphatic rings.